The highest BCUT2D eigenvalue weighted by Gasteiger charge is 2.73. The largest absolute Gasteiger partial charge is 0.272 e. The van der Waals surface area contributed by atoms with Gasteiger partial charge < -0.3 is 0 Å². The lowest BCUT2D eigenvalue weighted by atomic mass is 9.85. The van der Waals surface area contributed by atoms with Crippen LogP contribution in [0.2, 0.25) is 0 Å². The first kappa shape index (κ1) is 13.0. The number of carbonyl (C=O) groups is 3. The average Bonchev–Trinajstić information content (AvgIpc) is 3.18. The molecule has 5 rings (SSSR count). The molecule has 3 fully saturated rings. The Labute approximate surface area is 133 Å². The smallest absolute Gasteiger partial charge is 0.270 e. The summed E-state index contributed by atoms with van der Waals surface area (Å²) in [7, 11) is 0. The fourth-order valence-electron chi connectivity index (χ4n) is 4.94. The molecule has 2 saturated carbocycles. The maximum Gasteiger partial charge on any atom is 0.270 e. The average molecular weight is 308 g/mol. The van der Waals surface area contributed by atoms with Gasteiger partial charge >= 0.3 is 0 Å². The van der Waals surface area contributed by atoms with Gasteiger partial charge in [-0.05, 0) is 42.2 Å². The van der Waals surface area contributed by atoms with Gasteiger partial charge in [-0.25, -0.2) is 0 Å². The van der Waals surface area contributed by atoms with Gasteiger partial charge in [0.2, 0.25) is 0 Å². The molecule has 1 saturated heterocycles. The lowest BCUT2D eigenvalue weighted by Crippen LogP contribution is -2.47. The van der Waals surface area contributed by atoms with Crippen molar-refractivity contribution in [3.05, 3.63) is 48.0 Å². The highest BCUT2D eigenvalue weighted by Crippen LogP contribution is 2.73. The van der Waals surface area contributed by atoms with Crippen LogP contribution in [-0.2, 0) is 9.59 Å². The predicted octanol–water partition coefficient (Wildman–Crippen LogP) is 1.53. The number of allylic oxidation sites excluding steroid dienone is 2. The van der Waals surface area contributed by atoms with Crippen molar-refractivity contribution < 1.29 is 14.4 Å². The van der Waals surface area contributed by atoms with Gasteiger partial charge in [0.25, 0.3) is 17.7 Å². The minimum atomic E-state index is -0.422. The van der Waals surface area contributed by atoms with E-state index in [0.29, 0.717) is 5.56 Å². The van der Waals surface area contributed by atoms with Gasteiger partial charge in [-0.1, -0.05) is 30.4 Å². The van der Waals surface area contributed by atoms with Gasteiger partial charge in [0, 0.05) is 5.56 Å². The Hall–Kier alpha value is -2.43. The normalized spacial score (nSPS) is 35.0. The van der Waals surface area contributed by atoms with E-state index in [1.807, 2.05) is 6.07 Å². The van der Waals surface area contributed by atoms with Gasteiger partial charge in [0.1, 0.15) is 0 Å². The molecule has 0 aromatic heterocycles. The van der Waals surface area contributed by atoms with Crippen molar-refractivity contribution >= 4 is 17.7 Å². The van der Waals surface area contributed by atoms with Gasteiger partial charge in [0.05, 0.1) is 11.8 Å². The SMILES string of the molecule is O=C(NN1C(=O)C2C3C=CC([C@@H]2C1=O)C31CC1)c1ccccc1. The zero-order valence-corrected chi connectivity index (χ0v) is 12.4. The zero-order chi connectivity index (χ0) is 15.8. The summed E-state index contributed by atoms with van der Waals surface area (Å²) in [5, 5.41) is 0.965. The van der Waals surface area contributed by atoms with Crippen molar-refractivity contribution in [2.75, 3.05) is 0 Å². The molecular weight excluding hydrogens is 292 g/mol. The first-order valence-electron chi connectivity index (χ1n) is 8.06. The number of fused-ring (bicyclic) bond motifs is 3. The van der Waals surface area contributed by atoms with Crippen molar-refractivity contribution in [2.45, 2.75) is 12.8 Å². The molecule has 116 valence electrons. The molecule has 0 radical (unpaired) electrons. The van der Waals surface area contributed by atoms with Gasteiger partial charge in [-0.15, -0.1) is 0 Å². The molecule has 4 aliphatic rings. The maximum atomic E-state index is 12.7. The Morgan fingerprint density at radius 2 is 1.57 bits per heavy atom. The molecule has 5 nitrogen and oxygen atoms in total. The number of amides is 3. The summed E-state index contributed by atoms with van der Waals surface area (Å²) < 4.78 is 0. The molecule has 23 heavy (non-hydrogen) atoms. The van der Waals surface area contributed by atoms with Gasteiger partial charge in [0.15, 0.2) is 0 Å². The highest BCUT2D eigenvalue weighted by atomic mass is 16.2. The minimum Gasteiger partial charge on any atom is -0.272 e. The Morgan fingerprint density at radius 1 is 1.00 bits per heavy atom. The molecule has 1 aliphatic heterocycles. The van der Waals surface area contributed by atoms with Gasteiger partial charge in [-0.2, -0.15) is 5.01 Å². The number of benzene rings is 1. The summed E-state index contributed by atoms with van der Waals surface area (Å²) >= 11 is 0. The number of hydrogen-bond acceptors (Lipinski definition) is 3. The molecule has 5 heteroatoms. The fourth-order valence-corrected chi connectivity index (χ4v) is 4.94. The summed E-state index contributed by atoms with van der Waals surface area (Å²) in [6.45, 7) is 0. The van der Waals surface area contributed by atoms with Crippen molar-refractivity contribution in [3.63, 3.8) is 0 Å². The highest BCUT2D eigenvalue weighted by molar-refractivity contribution is 6.09. The lowest BCUT2D eigenvalue weighted by molar-refractivity contribution is -0.144. The van der Waals surface area contributed by atoms with Gasteiger partial charge in [-0.3, -0.25) is 19.8 Å². The van der Waals surface area contributed by atoms with E-state index in [0.717, 1.165) is 17.9 Å². The third kappa shape index (κ3) is 1.49. The lowest BCUT2D eigenvalue weighted by Gasteiger charge is -2.21. The molecule has 3 unspecified atom stereocenters. The summed E-state index contributed by atoms with van der Waals surface area (Å²) in [6, 6.07) is 8.62. The Bertz CT molecular complexity index is 732. The van der Waals surface area contributed by atoms with Crippen LogP contribution in [0.1, 0.15) is 23.2 Å². The Morgan fingerprint density at radius 3 is 2.09 bits per heavy atom. The minimum absolute atomic E-state index is 0.174. The van der Waals surface area contributed by atoms with Crippen LogP contribution >= 0.6 is 0 Å². The van der Waals surface area contributed by atoms with Crippen LogP contribution in [-0.4, -0.2) is 22.7 Å². The van der Waals surface area contributed by atoms with E-state index in [2.05, 4.69) is 17.6 Å². The number of hydrogen-bond donors (Lipinski definition) is 1. The van der Waals surface area contributed by atoms with E-state index in [4.69, 9.17) is 0 Å². The third-order valence-electron chi connectivity index (χ3n) is 6.10. The van der Waals surface area contributed by atoms with Crippen molar-refractivity contribution in [1.29, 1.82) is 0 Å². The number of hydrazine groups is 1. The molecule has 1 aromatic rings. The van der Waals surface area contributed by atoms with E-state index >= 15 is 0 Å². The maximum absolute atomic E-state index is 12.7. The zero-order valence-electron chi connectivity index (χ0n) is 12.4. The fraction of sp³-hybridized carbons (Fsp3) is 0.389. The first-order valence-corrected chi connectivity index (χ1v) is 8.06. The third-order valence-corrected chi connectivity index (χ3v) is 6.10. The second-order valence-corrected chi connectivity index (χ2v) is 7.04. The number of nitrogens with zero attached hydrogens (tertiary/aromatic N) is 1. The van der Waals surface area contributed by atoms with Crippen LogP contribution in [0.15, 0.2) is 42.5 Å². The topological polar surface area (TPSA) is 66.5 Å². The molecular formula is C18H16N2O3. The van der Waals surface area contributed by atoms with Crippen LogP contribution in [0.4, 0.5) is 0 Å². The Balaban J connectivity index is 1.42. The standard InChI is InChI=1S/C18H16N2O3/c21-15(10-4-2-1-3-5-10)19-20-16(22)13-11-6-7-12(14(13)17(20)23)18(11)8-9-18/h1-7,11-14H,8-9H2,(H,19,21)/t11?,12?,13-,14?/m0/s1. The summed E-state index contributed by atoms with van der Waals surface area (Å²) in [6.07, 6.45) is 6.46. The molecule has 4 atom stereocenters. The first-order chi connectivity index (χ1) is 11.1. The van der Waals surface area contributed by atoms with Crippen molar-refractivity contribution in [2.24, 2.45) is 29.1 Å². The summed E-state index contributed by atoms with van der Waals surface area (Å²) in [5.41, 5.74) is 3.12. The predicted molar refractivity (Wildman–Crippen MR) is 80.5 cm³/mol. The molecule has 3 aliphatic carbocycles. The number of carbonyl (C=O) groups excluding carboxylic acids is 3. The number of rotatable bonds is 2. The second kappa shape index (κ2) is 4.10. The van der Waals surface area contributed by atoms with Crippen LogP contribution in [0.25, 0.3) is 0 Å². The van der Waals surface area contributed by atoms with Crippen LogP contribution in [0, 0.1) is 29.1 Å². The number of imide groups is 1. The van der Waals surface area contributed by atoms with Crippen molar-refractivity contribution in [1.82, 2.24) is 10.4 Å². The molecule has 1 heterocycles. The molecule has 1 spiro atoms. The summed E-state index contributed by atoms with van der Waals surface area (Å²) in [5.74, 6) is -1.12. The van der Waals surface area contributed by atoms with E-state index in [1.165, 1.54) is 0 Å². The van der Waals surface area contributed by atoms with E-state index < -0.39 is 5.91 Å². The summed E-state index contributed by atoms with van der Waals surface area (Å²) in [4.78, 5) is 37.7. The Kier molecular flexibility index (Phi) is 2.33. The molecule has 3 amide bonds. The quantitative estimate of drug-likeness (QED) is 0.665. The second-order valence-electron chi connectivity index (χ2n) is 7.04. The van der Waals surface area contributed by atoms with E-state index in [9.17, 15) is 14.4 Å². The molecule has 2 bridgehead atoms. The van der Waals surface area contributed by atoms with Crippen LogP contribution in [0.3, 0.4) is 0 Å². The number of nitrogens with one attached hydrogen (secondary N) is 1. The van der Waals surface area contributed by atoms with Crippen LogP contribution in [0.5, 0.6) is 0 Å². The van der Waals surface area contributed by atoms with Crippen molar-refractivity contribution in [3.8, 4) is 0 Å². The van der Waals surface area contributed by atoms with E-state index in [-0.39, 0.29) is 40.9 Å². The van der Waals surface area contributed by atoms with Crippen LogP contribution < -0.4 is 5.43 Å². The monoisotopic (exact) mass is 308 g/mol. The molecule has 1 N–H and O–H groups in total. The molecule has 1 aromatic carbocycles. The van der Waals surface area contributed by atoms with E-state index in [1.54, 1.807) is 24.3 Å².